The zero-order valence-corrected chi connectivity index (χ0v) is 8.95. The lowest BCUT2D eigenvalue weighted by Gasteiger charge is -2.27. The van der Waals surface area contributed by atoms with Crippen LogP contribution in [0, 0.1) is 17.8 Å². The number of esters is 1. The molecule has 0 amide bonds. The Bertz CT molecular complexity index is 267. The van der Waals surface area contributed by atoms with Gasteiger partial charge in [-0.05, 0) is 43.9 Å². The third-order valence-corrected chi connectivity index (χ3v) is 3.83. The van der Waals surface area contributed by atoms with Crippen molar-refractivity contribution in [2.75, 3.05) is 0 Å². The Balaban J connectivity index is 1.99. The summed E-state index contributed by atoms with van der Waals surface area (Å²) in [5.41, 5.74) is 0.514. The van der Waals surface area contributed by atoms with Gasteiger partial charge in [0.25, 0.3) is 0 Å². The molecule has 2 saturated carbocycles. The van der Waals surface area contributed by atoms with E-state index < -0.39 is 0 Å². The van der Waals surface area contributed by atoms with Crippen LogP contribution in [0.4, 0.5) is 0 Å². The van der Waals surface area contributed by atoms with Crippen LogP contribution < -0.4 is 0 Å². The fraction of sp³-hybridized carbons (Fsp3) is 0.750. The number of fused-ring (bicyclic) bond motifs is 2. The van der Waals surface area contributed by atoms with Crippen LogP contribution in [0.25, 0.3) is 0 Å². The number of hydrogen-bond donors (Lipinski definition) is 0. The lowest BCUT2D eigenvalue weighted by Crippen LogP contribution is -2.30. The lowest BCUT2D eigenvalue weighted by atomic mass is 9.88. The second kappa shape index (κ2) is 3.41. The van der Waals surface area contributed by atoms with Gasteiger partial charge in [-0.15, -0.1) is 0 Å². The highest BCUT2D eigenvalue weighted by Crippen LogP contribution is 2.49. The van der Waals surface area contributed by atoms with Gasteiger partial charge in [-0.3, -0.25) is 0 Å². The molecule has 0 heterocycles. The average molecular weight is 194 g/mol. The Hall–Kier alpha value is -0.790. The van der Waals surface area contributed by atoms with Gasteiger partial charge in [0.1, 0.15) is 6.10 Å². The highest BCUT2D eigenvalue weighted by atomic mass is 16.5. The zero-order valence-electron chi connectivity index (χ0n) is 8.95. The molecule has 78 valence electrons. The minimum atomic E-state index is -0.214. The van der Waals surface area contributed by atoms with E-state index in [4.69, 9.17) is 4.74 Å². The Morgan fingerprint density at radius 1 is 1.36 bits per heavy atom. The van der Waals surface area contributed by atoms with Crippen molar-refractivity contribution in [3.05, 3.63) is 12.2 Å². The molecular formula is C12H18O2. The van der Waals surface area contributed by atoms with Gasteiger partial charge < -0.3 is 4.74 Å². The second-order valence-corrected chi connectivity index (χ2v) is 4.84. The quantitative estimate of drug-likeness (QED) is 0.499. The number of hydrogen-bond acceptors (Lipinski definition) is 2. The predicted molar refractivity (Wildman–Crippen MR) is 54.7 cm³/mol. The molecule has 0 radical (unpaired) electrons. The van der Waals surface area contributed by atoms with Crippen molar-refractivity contribution in [3.8, 4) is 0 Å². The molecule has 4 atom stereocenters. The standard InChI is InChI=1S/C12H18O2/c1-7(2)12(13)14-11-8(3)9-4-5-10(11)6-9/h8-11H,1,4-6H2,2-3H3. The van der Waals surface area contributed by atoms with Crippen molar-refractivity contribution in [1.29, 1.82) is 0 Å². The fourth-order valence-electron chi connectivity index (χ4n) is 2.95. The molecule has 4 unspecified atom stereocenters. The molecule has 0 spiro atoms. The molecule has 2 fully saturated rings. The summed E-state index contributed by atoms with van der Waals surface area (Å²) in [4.78, 5) is 11.4. The lowest BCUT2D eigenvalue weighted by molar-refractivity contribution is -0.149. The molecule has 2 nitrogen and oxygen atoms in total. The van der Waals surface area contributed by atoms with E-state index in [1.165, 1.54) is 19.3 Å². The van der Waals surface area contributed by atoms with E-state index in [0.29, 0.717) is 17.4 Å². The number of rotatable bonds is 2. The maximum Gasteiger partial charge on any atom is 0.333 e. The van der Waals surface area contributed by atoms with Gasteiger partial charge in [-0.25, -0.2) is 4.79 Å². The molecule has 2 aliphatic rings. The number of carbonyl (C=O) groups is 1. The first-order chi connectivity index (χ1) is 6.59. The summed E-state index contributed by atoms with van der Waals surface area (Å²) in [6.07, 6.45) is 3.99. The Morgan fingerprint density at radius 2 is 2.00 bits per heavy atom. The minimum absolute atomic E-state index is 0.165. The SMILES string of the molecule is C=C(C)C(=O)OC1C2CCC(C2)C1C. The van der Waals surface area contributed by atoms with Crippen molar-refractivity contribution in [1.82, 2.24) is 0 Å². The van der Waals surface area contributed by atoms with Crippen molar-refractivity contribution in [2.24, 2.45) is 17.8 Å². The largest absolute Gasteiger partial charge is 0.458 e. The third-order valence-electron chi connectivity index (χ3n) is 3.83. The molecule has 14 heavy (non-hydrogen) atoms. The van der Waals surface area contributed by atoms with Crippen LogP contribution in [-0.2, 0) is 9.53 Å². The number of ether oxygens (including phenoxy) is 1. The summed E-state index contributed by atoms with van der Waals surface area (Å²) in [5.74, 6) is 1.76. The van der Waals surface area contributed by atoms with E-state index >= 15 is 0 Å². The van der Waals surface area contributed by atoms with Crippen molar-refractivity contribution < 1.29 is 9.53 Å². The van der Waals surface area contributed by atoms with E-state index in [2.05, 4.69) is 13.5 Å². The Labute approximate surface area is 85.3 Å². The van der Waals surface area contributed by atoms with Crippen molar-refractivity contribution in [3.63, 3.8) is 0 Å². The molecule has 0 N–H and O–H groups in total. The minimum Gasteiger partial charge on any atom is -0.458 e. The summed E-state index contributed by atoms with van der Waals surface area (Å²) in [6.45, 7) is 7.53. The van der Waals surface area contributed by atoms with Crippen LogP contribution in [0.1, 0.15) is 33.1 Å². The third kappa shape index (κ3) is 1.47. The summed E-state index contributed by atoms with van der Waals surface area (Å²) < 4.78 is 5.48. The monoisotopic (exact) mass is 194 g/mol. The molecule has 2 aliphatic carbocycles. The molecule has 2 bridgehead atoms. The summed E-state index contributed by atoms with van der Waals surface area (Å²) in [6, 6.07) is 0. The zero-order chi connectivity index (χ0) is 10.3. The maximum absolute atomic E-state index is 11.4. The molecule has 0 saturated heterocycles. The van der Waals surface area contributed by atoms with Gasteiger partial charge in [0.2, 0.25) is 0 Å². The molecule has 0 aromatic heterocycles. The number of carbonyl (C=O) groups excluding carboxylic acids is 1. The average Bonchev–Trinajstić information content (AvgIpc) is 2.69. The van der Waals surface area contributed by atoms with E-state index in [1.807, 2.05) is 0 Å². The van der Waals surface area contributed by atoms with Gasteiger partial charge in [-0.2, -0.15) is 0 Å². The van der Waals surface area contributed by atoms with Crippen LogP contribution in [0.5, 0.6) is 0 Å². The van der Waals surface area contributed by atoms with Crippen molar-refractivity contribution in [2.45, 2.75) is 39.2 Å². The summed E-state index contributed by atoms with van der Waals surface area (Å²) in [7, 11) is 0. The van der Waals surface area contributed by atoms with Gasteiger partial charge in [-0.1, -0.05) is 13.5 Å². The highest BCUT2D eigenvalue weighted by Gasteiger charge is 2.47. The van der Waals surface area contributed by atoms with Gasteiger partial charge in [0.15, 0.2) is 0 Å². The van der Waals surface area contributed by atoms with Crippen LogP contribution in [0.3, 0.4) is 0 Å². The fourth-order valence-corrected chi connectivity index (χ4v) is 2.95. The van der Waals surface area contributed by atoms with Crippen LogP contribution in [-0.4, -0.2) is 12.1 Å². The summed E-state index contributed by atoms with van der Waals surface area (Å²) in [5, 5.41) is 0. The second-order valence-electron chi connectivity index (χ2n) is 4.84. The van der Waals surface area contributed by atoms with E-state index in [1.54, 1.807) is 6.92 Å². The van der Waals surface area contributed by atoms with Crippen LogP contribution >= 0.6 is 0 Å². The van der Waals surface area contributed by atoms with Crippen LogP contribution in [0.15, 0.2) is 12.2 Å². The molecule has 2 heteroatoms. The molecule has 0 aromatic carbocycles. The van der Waals surface area contributed by atoms with Gasteiger partial charge in [0, 0.05) is 5.57 Å². The Kier molecular flexibility index (Phi) is 2.38. The van der Waals surface area contributed by atoms with Crippen LogP contribution in [0.2, 0.25) is 0 Å². The van der Waals surface area contributed by atoms with E-state index in [0.717, 1.165) is 5.92 Å². The first-order valence-electron chi connectivity index (χ1n) is 5.46. The molecule has 0 aromatic rings. The highest BCUT2D eigenvalue weighted by molar-refractivity contribution is 5.87. The molecular weight excluding hydrogens is 176 g/mol. The first-order valence-corrected chi connectivity index (χ1v) is 5.46. The predicted octanol–water partition coefficient (Wildman–Crippen LogP) is 2.54. The first kappa shape index (κ1) is 9.75. The summed E-state index contributed by atoms with van der Waals surface area (Å²) >= 11 is 0. The normalized spacial score (nSPS) is 39.9. The maximum atomic E-state index is 11.4. The topological polar surface area (TPSA) is 26.3 Å². The molecule has 0 aliphatic heterocycles. The Morgan fingerprint density at radius 3 is 2.50 bits per heavy atom. The van der Waals surface area contributed by atoms with E-state index in [9.17, 15) is 4.79 Å². The van der Waals surface area contributed by atoms with E-state index in [-0.39, 0.29) is 12.1 Å². The van der Waals surface area contributed by atoms with Gasteiger partial charge >= 0.3 is 5.97 Å². The van der Waals surface area contributed by atoms with Gasteiger partial charge in [0.05, 0.1) is 0 Å². The van der Waals surface area contributed by atoms with Crippen molar-refractivity contribution >= 4 is 5.97 Å². The molecule has 2 rings (SSSR count). The smallest absolute Gasteiger partial charge is 0.333 e.